The Kier molecular flexibility index (Phi) is 2.78. The van der Waals surface area contributed by atoms with Crippen LogP contribution in [-0.2, 0) is 15.6 Å². The van der Waals surface area contributed by atoms with E-state index in [-0.39, 0.29) is 11.6 Å². The monoisotopic (exact) mass is 258 g/mol. The molecule has 0 aliphatic rings. The SMILES string of the molecule is CS(=O)(=O)Cc1nc(NN)c2ccsc2n1. The van der Waals surface area contributed by atoms with Gasteiger partial charge in [-0.25, -0.2) is 24.2 Å². The average Bonchev–Trinajstić information content (AvgIpc) is 2.61. The van der Waals surface area contributed by atoms with Crippen LogP contribution < -0.4 is 11.3 Å². The number of sulfone groups is 1. The number of hydrazine groups is 1. The minimum atomic E-state index is -3.14. The minimum absolute atomic E-state index is 0.185. The number of hydrogen-bond donors (Lipinski definition) is 2. The van der Waals surface area contributed by atoms with Crippen molar-refractivity contribution in [2.24, 2.45) is 5.84 Å². The van der Waals surface area contributed by atoms with E-state index in [0.29, 0.717) is 5.82 Å². The first kappa shape index (κ1) is 11.2. The molecule has 0 bridgehead atoms. The highest BCUT2D eigenvalue weighted by atomic mass is 32.2. The van der Waals surface area contributed by atoms with E-state index in [1.807, 2.05) is 11.4 Å². The van der Waals surface area contributed by atoms with Gasteiger partial charge in [0.15, 0.2) is 15.7 Å². The summed E-state index contributed by atoms with van der Waals surface area (Å²) in [5.41, 5.74) is 2.44. The van der Waals surface area contributed by atoms with Crippen LogP contribution in [0.5, 0.6) is 0 Å². The highest BCUT2D eigenvalue weighted by molar-refractivity contribution is 7.89. The molecule has 2 rings (SSSR count). The van der Waals surface area contributed by atoms with Crippen LogP contribution in [-0.4, -0.2) is 24.6 Å². The molecule has 2 heterocycles. The summed E-state index contributed by atoms with van der Waals surface area (Å²) in [7, 11) is -3.14. The molecule has 0 spiro atoms. The predicted molar refractivity (Wildman–Crippen MR) is 63.8 cm³/mol. The molecule has 0 aliphatic heterocycles. The number of anilines is 1. The molecule has 0 fully saturated rings. The Balaban J connectivity index is 2.55. The molecule has 8 heteroatoms. The second-order valence-electron chi connectivity index (χ2n) is 3.34. The number of nitrogens with one attached hydrogen (secondary N) is 1. The Bertz CT molecular complexity index is 620. The van der Waals surface area contributed by atoms with Gasteiger partial charge in [-0.3, -0.25) is 0 Å². The molecule has 3 N–H and O–H groups in total. The molecule has 0 aromatic carbocycles. The maximum Gasteiger partial charge on any atom is 0.154 e. The third-order valence-electron chi connectivity index (χ3n) is 1.90. The van der Waals surface area contributed by atoms with Crippen molar-refractivity contribution in [2.75, 3.05) is 11.7 Å². The van der Waals surface area contributed by atoms with Gasteiger partial charge in [0.25, 0.3) is 0 Å². The van der Waals surface area contributed by atoms with Gasteiger partial charge < -0.3 is 5.43 Å². The predicted octanol–water partition coefficient (Wildman–Crippen LogP) is 0.522. The van der Waals surface area contributed by atoms with Crippen LogP contribution in [0.3, 0.4) is 0 Å². The lowest BCUT2D eigenvalue weighted by Gasteiger charge is -2.03. The second kappa shape index (κ2) is 3.96. The highest BCUT2D eigenvalue weighted by Gasteiger charge is 2.12. The molecule has 0 radical (unpaired) electrons. The molecule has 16 heavy (non-hydrogen) atoms. The number of nitrogen functional groups attached to an aromatic ring is 1. The number of nitrogens with two attached hydrogens (primary N) is 1. The van der Waals surface area contributed by atoms with Gasteiger partial charge in [0, 0.05) is 6.26 Å². The van der Waals surface area contributed by atoms with E-state index in [2.05, 4.69) is 15.4 Å². The van der Waals surface area contributed by atoms with Crippen molar-refractivity contribution in [2.45, 2.75) is 5.75 Å². The molecule has 0 atom stereocenters. The largest absolute Gasteiger partial charge is 0.308 e. The topological polar surface area (TPSA) is 98.0 Å². The Morgan fingerprint density at radius 2 is 2.25 bits per heavy atom. The van der Waals surface area contributed by atoms with E-state index in [1.165, 1.54) is 11.3 Å². The van der Waals surface area contributed by atoms with Crippen LogP contribution in [0.1, 0.15) is 5.82 Å². The summed E-state index contributed by atoms with van der Waals surface area (Å²) < 4.78 is 22.3. The lowest BCUT2D eigenvalue weighted by atomic mass is 10.4. The third kappa shape index (κ3) is 2.29. The standard InChI is InChI=1S/C8H10N4O2S2/c1-16(13,14)4-6-10-7(12-9)5-2-3-15-8(5)11-6/h2-3H,4,9H2,1H3,(H,10,11,12). The fourth-order valence-electron chi connectivity index (χ4n) is 1.31. The second-order valence-corrected chi connectivity index (χ2v) is 6.38. The summed E-state index contributed by atoms with van der Waals surface area (Å²) >= 11 is 1.42. The molecule has 2 aromatic heterocycles. The van der Waals surface area contributed by atoms with E-state index >= 15 is 0 Å². The minimum Gasteiger partial charge on any atom is -0.308 e. The number of hydrogen-bond acceptors (Lipinski definition) is 7. The van der Waals surface area contributed by atoms with Gasteiger partial charge in [-0.2, -0.15) is 0 Å². The van der Waals surface area contributed by atoms with E-state index in [9.17, 15) is 8.42 Å². The van der Waals surface area contributed by atoms with Gasteiger partial charge in [-0.05, 0) is 11.4 Å². The summed E-state index contributed by atoms with van der Waals surface area (Å²) in [4.78, 5) is 8.94. The van der Waals surface area contributed by atoms with Crippen LogP contribution in [0.4, 0.5) is 5.82 Å². The molecule has 0 aliphatic carbocycles. The van der Waals surface area contributed by atoms with Crippen molar-refractivity contribution in [3.8, 4) is 0 Å². The van der Waals surface area contributed by atoms with Crippen molar-refractivity contribution in [1.82, 2.24) is 9.97 Å². The number of thiophene rings is 1. The summed E-state index contributed by atoms with van der Waals surface area (Å²) in [6.45, 7) is 0. The summed E-state index contributed by atoms with van der Waals surface area (Å²) in [5.74, 6) is 5.84. The normalized spacial score (nSPS) is 11.9. The maximum absolute atomic E-state index is 11.1. The van der Waals surface area contributed by atoms with Crippen LogP contribution >= 0.6 is 11.3 Å². The summed E-state index contributed by atoms with van der Waals surface area (Å²) in [6, 6.07) is 1.83. The van der Waals surface area contributed by atoms with Crippen LogP contribution in [0.15, 0.2) is 11.4 Å². The van der Waals surface area contributed by atoms with Crippen LogP contribution in [0.25, 0.3) is 10.2 Å². The molecule has 2 aromatic rings. The molecular formula is C8H10N4O2S2. The van der Waals surface area contributed by atoms with Gasteiger partial charge in [0.1, 0.15) is 16.4 Å². The van der Waals surface area contributed by atoms with E-state index in [1.54, 1.807) is 0 Å². The van der Waals surface area contributed by atoms with E-state index in [4.69, 9.17) is 5.84 Å². The fourth-order valence-corrected chi connectivity index (χ4v) is 2.69. The van der Waals surface area contributed by atoms with Gasteiger partial charge in [0.2, 0.25) is 0 Å². The van der Waals surface area contributed by atoms with Crippen molar-refractivity contribution in [1.29, 1.82) is 0 Å². The molecule has 6 nitrogen and oxygen atoms in total. The Morgan fingerprint density at radius 1 is 1.50 bits per heavy atom. The number of aromatic nitrogens is 2. The zero-order valence-corrected chi connectivity index (χ0v) is 10.1. The molecule has 0 saturated heterocycles. The maximum atomic E-state index is 11.1. The third-order valence-corrected chi connectivity index (χ3v) is 3.49. The zero-order chi connectivity index (χ0) is 11.8. The summed E-state index contributed by atoms with van der Waals surface area (Å²) in [6.07, 6.45) is 1.14. The van der Waals surface area contributed by atoms with Gasteiger partial charge >= 0.3 is 0 Å². The lowest BCUT2D eigenvalue weighted by Crippen LogP contribution is -2.12. The molecular weight excluding hydrogens is 248 g/mol. The molecule has 0 unspecified atom stereocenters. The average molecular weight is 258 g/mol. The van der Waals surface area contributed by atoms with Gasteiger partial charge in [-0.1, -0.05) is 0 Å². The van der Waals surface area contributed by atoms with Crippen molar-refractivity contribution >= 4 is 37.2 Å². The van der Waals surface area contributed by atoms with Crippen molar-refractivity contribution < 1.29 is 8.42 Å². The quantitative estimate of drug-likeness (QED) is 0.615. The number of rotatable bonds is 3. The Labute approximate surface area is 96.4 Å². The molecule has 0 amide bonds. The van der Waals surface area contributed by atoms with Crippen molar-refractivity contribution in [3.05, 3.63) is 17.3 Å². The Morgan fingerprint density at radius 3 is 2.88 bits per heavy atom. The molecule has 86 valence electrons. The first-order valence-electron chi connectivity index (χ1n) is 4.38. The van der Waals surface area contributed by atoms with Crippen molar-refractivity contribution in [3.63, 3.8) is 0 Å². The number of nitrogens with zero attached hydrogens (tertiary/aromatic N) is 2. The summed E-state index contributed by atoms with van der Waals surface area (Å²) in [5, 5.41) is 2.65. The van der Waals surface area contributed by atoms with Crippen LogP contribution in [0, 0.1) is 0 Å². The first-order chi connectivity index (χ1) is 7.49. The van der Waals surface area contributed by atoms with E-state index < -0.39 is 9.84 Å². The van der Waals surface area contributed by atoms with Gasteiger partial charge in [0.05, 0.1) is 5.39 Å². The lowest BCUT2D eigenvalue weighted by molar-refractivity contribution is 0.600. The molecule has 0 saturated carbocycles. The van der Waals surface area contributed by atoms with Gasteiger partial charge in [-0.15, -0.1) is 11.3 Å². The zero-order valence-electron chi connectivity index (χ0n) is 8.47. The van der Waals surface area contributed by atoms with E-state index in [0.717, 1.165) is 16.5 Å². The fraction of sp³-hybridized carbons (Fsp3) is 0.250. The Hall–Kier alpha value is -1.25. The highest BCUT2D eigenvalue weighted by Crippen LogP contribution is 2.24. The first-order valence-corrected chi connectivity index (χ1v) is 7.32. The van der Waals surface area contributed by atoms with Crippen LogP contribution in [0.2, 0.25) is 0 Å². The smallest absolute Gasteiger partial charge is 0.154 e. The number of fused-ring (bicyclic) bond motifs is 1.